The molecule has 4 rings (SSSR count). The third-order valence-corrected chi connectivity index (χ3v) is 9.30. The summed E-state index contributed by atoms with van der Waals surface area (Å²) in [6, 6.07) is 11.1. The monoisotopic (exact) mass is 512 g/mol. The van der Waals surface area contributed by atoms with Crippen molar-refractivity contribution >= 4 is 20.0 Å². The summed E-state index contributed by atoms with van der Waals surface area (Å²) in [4.78, 5) is -0.107. The fraction of sp³-hybridized carbons (Fsp3) is 0.478. The molecular weight excluding hydrogens is 483 g/mol. The summed E-state index contributed by atoms with van der Waals surface area (Å²) < 4.78 is 81.2. The first-order valence-corrected chi connectivity index (χ1v) is 14.2. The lowest BCUT2D eigenvalue weighted by molar-refractivity contribution is 0.0924. The van der Waals surface area contributed by atoms with Gasteiger partial charge >= 0.3 is 0 Å². The zero-order chi connectivity index (χ0) is 24.2. The van der Waals surface area contributed by atoms with Gasteiger partial charge in [0.15, 0.2) is 0 Å². The lowest BCUT2D eigenvalue weighted by atomic mass is 10.2. The van der Waals surface area contributed by atoms with Crippen molar-refractivity contribution in [3.63, 3.8) is 0 Å². The van der Waals surface area contributed by atoms with Crippen LogP contribution in [0.3, 0.4) is 0 Å². The van der Waals surface area contributed by atoms with Gasteiger partial charge in [-0.25, -0.2) is 25.9 Å². The number of hydrogen-bond donors (Lipinski definition) is 1. The number of benzene rings is 2. The van der Waals surface area contributed by atoms with Gasteiger partial charge in [-0.05, 0) is 56.0 Å². The van der Waals surface area contributed by atoms with E-state index in [2.05, 4.69) is 4.72 Å². The third-order valence-electron chi connectivity index (χ3n) is 6.03. The molecular formula is C23H29FN2O6S2. The molecule has 2 aromatic carbocycles. The highest BCUT2D eigenvalue weighted by atomic mass is 32.2. The number of ether oxygens (including phenoxy) is 2. The highest BCUT2D eigenvalue weighted by Gasteiger charge is 2.30. The molecule has 0 saturated carbocycles. The van der Waals surface area contributed by atoms with Crippen LogP contribution in [-0.2, 0) is 36.1 Å². The van der Waals surface area contributed by atoms with Crippen LogP contribution in [0.25, 0.3) is 0 Å². The molecule has 2 unspecified atom stereocenters. The molecule has 2 heterocycles. The summed E-state index contributed by atoms with van der Waals surface area (Å²) in [6.45, 7) is 1.27. The Balaban J connectivity index is 1.53. The number of nitrogens with one attached hydrogen (secondary N) is 1. The molecule has 0 aromatic heterocycles. The van der Waals surface area contributed by atoms with Gasteiger partial charge in [0.2, 0.25) is 20.0 Å². The summed E-state index contributed by atoms with van der Waals surface area (Å²) in [5.74, 6) is -0.492. The average molecular weight is 513 g/mol. The maximum atomic E-state index is 14.3. The normalized spacial score (nSPS) is 21.4. The second kappa shape index (κ2) is 10.8. The Morgan fingerprint density at radius 3 is 2.12 bits per heavy atom. The van der Waals surface area contributed by atoms with E-state index in [4.69, 9.17) is 9.47 Å². The Morgan fingerprint density at radius 2 is 1.50 bits per heavy atom. The van der Waals surface area contributed by atoms with Crippen molar-refractivity contribution in [3.05, 3.63) is 59.9 Å². The van der Waals surface area contributed by atoms with Crippen molar-refractivity contribution in [2.24, 2.45) is 0 Å². The molecule has 2 aliphatic heterocycles. The first kappa shape index (κ1) is 25.2. The van der Waals surface area contributed by atoms with E-state index >= 15 is 0 Å². The fourth-order valence-corrected chi connectivity index (χ4v) is 6.63. The quantitative estimate of drug-likeness (QED) is 0.525. The predicted octanol–water partition coefficient (Wildman–Crippen LogP) is 2.65. The van der Waals surface area contributed by atoms with Crippen molar-refractivity contribution < 1.29 is 30.7 Å². The summed E-state index contributed by atoms with van der Waals surface area (Å²) >= 11 is 0. The molecule has 2 atom stereocenters. The largest absolute Gasteiger partial charge is 0.377 e. The van der Waals surface area contributed by atoms with E-state index in [1.54, 1.807) is 18.2 Å². The molecule has 0 bridgehead atoms. The number of rotatable bonds is 10. The van der Waals surface area contributed by atoms with E-state index in [0.29, 0.717) is 13.2 Å². The van der Waals surface area contributed by atoms with Crippen LogP contribution >= 0.6 is 0 Å². The topological polar surface area (TPSA) is 102 Å². The van der Waals surface area contributed by atoms with Crippen LogP contribution < -0.4 is 4.72 Å². The summed E-state index contributed by atoms with van der Waals surface area (Å²) in [5.41, 5.74) is 0.251. The van der Waals surface area contributed by atoms with Gasteiger partial charge in [-0.3, -0.25) is 0 Å². The van der Waals surface area contributed by atoms with Crippen molar-refractivity contribution in [1.29, 1.82) is 0 Å². The van der Waals surface area contributed by atoms with E-state index in [1.165, 1.54) is 34.6 Å². The smallest absolute Gasteiger partial charge is 0.243 e. The molecule has 2 aromatic rings. The average Bonchev–Trinajstić information content (AvgIpc) is 3.53. The van der Waals surface area contributed by atoms with Crippen molar-refractivity contribution in [3.8, 4) is 0 Å². The SMILES string of the molecule is O=S(=O)(NCC1CCCO1)c1ccc(S(=O)(=O)N(Cc2ccccc2F)CC2CCCO2)cc1. The van der Waals surface area contributed by atoms with Crippen LogP contribution in [0.4, 0.5) is 4.39 Å². The summed E-state index contributed by atoms with van der Waals surface area (Å²) in [7, 11) is -7.85. The highest BCUT2D eigenvalue weighted by Crippen LogP contribution is 2.24. The van der Waals surface area contributed by atoms with Gasteiger partial charge in [0.25, 0.3) is 0 Å². The molecule has 34 heavy (non-hydrogen) atoms. The molecule has 0 spiro atoms. The second-order valence-corrected chi connectivity index (χ2v) is 12.2. The van der Waals surface area contributed by atoms with Gasteiger partial charge in [-0.1, -0.05) is 18.2 Å². The first-order valence-electron chi connectivity index (χ1n) is 11.3. The standard InChI is InChI=1S/C23H29FN2O6S2/c24-23-8-2-1-5-18(23)16-26(17-20-7-4-14-32-20)34(29,30)22-11-9-21(10-12-22)33(27,28)25-15-19-6-3-13-31-19/h1-2,5,8-12,19-20,25H,3-4,6-7,13-17H2. The minimum atomic E-state index is -4.04. The summed E-state index contributed by atoms with van der Waals surface area (Å²) in [6.07, 6.45) is 2.82. The molecule has 0 radical (unpaired) electrons. The Morgan fingerprint density at radius 1 is 0.882 bits per heavy atom. The van der Waals surface area contributed by atoms with Crippen LogP contribution in [0.1, 0.15) is 31.2 Å². The number of hydrogen-bond acceptors (Lipinski definition) is 6. The van der Waals surface area contributed by atoms with E-state index < -0.39 is 25.9 Å². The van der Waals surface area contributed by atoms with E-state index in [1.807, 2.05) is 0 Å². The van der Waals surface area contributed by atoms with Crippen LogP contribution in [0.5, 0.6) is 0 Å². The second-order valence-electron chi connectivity index (χ2n) is 8.48. The molecule has 0 aliphatic carbocycles. The fourth-order valence-electron chi connectivity index (χ4n) is 4.11. The van der Waals surface area contributed by atoms with Crippen LogP contribution in [0.2, 0.25) is 0 Å². The first-order chi connectivity index (χ1) is 16.3. The predicted molar refractivity (Wildman–Crippen MR) is 124 cm³/mol. The van der Waals surface area contributed by atoms with E-state index in [0.717, 1.165) is 25.7 Å². The summed E-state index contributed by atoms with van der Waals surface area (Å²) in [5, 5.41) is 0. The Bertz CT molecular complexity index is 1180. The molecule has 2 saturated heterocycles. The lowest BCUT2D eigenvalue weighted by Crippen LogP contribution is -2.37. The molecule has 186 valence electrons. The Kier molecular flexibility index (Phi) is 8.01. The van der Waals surface area contributed by atoms with Gasteiger partial charge in [-0.2, -0.15) is 4.31 Å². The van der Waals surface area contributed by atoms with Gasteiger partial charge in [0, 0.05) is 38.4 Å². The van der Waals surface area contributed by atoms with Gasteiger partial charge in [0.05, 0.1) is 22.0 Å². The van der Waals surface area contributed by atoms with Crippen molar-refractivity contribution in [2.75, 3.05) is 26.3 Å². The van der Waals surface area contributed by atoms with Crippen LogP contribution in [-0.4, -0.2) is 59.7 Å². The molecule has 2 fully saturated rings. The molecule has 8 nitrogen and oxygen atoms in total. The zero-order valence-corrected chi connectivity index (χ0v) is 20.4. The maximum absolute atomic E-state index is 14.3. The van der Waals surface area contributed by atoms with Crippen LogP contribution in [0, 0.1) is 5.82 Å². The number of halogens is 1. The number of nitrogens with zero attached hydrogens (tertiary/aromatic N) is 1. The number of sulfonamides is 2. The minimum Gasteiger partial charge on any atom is -0.377 e. The molecule has 0 amide bonds. The Hall–Kier alpha value is -1.89. The lowest BCUT2D eigenvalue weighted by Gasteiger charge is -2.25. The minimum absolute atomic E-state index is 0.0378. The van der Waals surface area contributed by atoms with Crippen molar-refractivity contribution in [1.82, 2.24) is 9.03 Å². The molecule has 11 heteroatoms. The molecule has 2 aliphatic rings. The highest BCUT2D eigenvalue weighted by molar-refractivity contribution is 7.89. The molecule has 1 N–H and O–H groups in total. The maximum Gasteiger partial charge on any atom is 0.243 e. The van der Waals surface area contributed by atoms with Gasteiger partial charge in [-0.15, -0.1) is 0 Å². The van der Waals surface area contributed by atoms with E-state index in [-0.39, 0.29) is 47.2 Å². The van der Waals surface area contributed by atoms with Crippen LogP contribution in [0.15, 0.2) is 58.3 Å². The third kappa shape index (κ3) is 6.02. The van der Waals surface area contributed by atoms with Crippen molar-refractivity contribution in [2.45, 2.75) is 54.2 Å². The van der Waals surface area contributed by atoms with Gasteiger partial charge in [0.1, 0.15) is 5.82 Å². The Labute approximate surface area is 200 Å². The zero-order valence-electron chi connectivity index (χ0n) is 18.7. The van der Waals surface area contributed by atoms with Gasteiger partial charge < -0.3 is 9.47 Å². The van der Waals surface area contributed by atoms with E-state index in [9.17, 15) is 21.2 Å².